The number of allylic oxidation sites excluding steroid dienone is 1. The molecule has 4 N–H and O–H groups in total. The van der Waals surface area contributed by atoms with Crippen molar-refractivity contribution in [1.29, 1.82) is 0 Å². The lowest BCUT2D eigenvalue weighted by molar-refractivity contribution is -0.900. The van der Waals surface area contributed by atoms with E-state index >= 15 is 0 Å². The summed E-state index contributed by atoms with van der Waals surface area (Å²) in [5.74, 6) is -2.17. The van der Waals surface area contributed by atoms with E-state index in [9.17, 15) is 9.59 Å². The highest BCUT2D eigenvalue weighted by atomic mass is 16.4. The first kappa shape index (κ1) is 16.3. The van der Waals surface area contributed by atoms with Crippen molar-refractivity contribution in [2.24, 2.45) is 0 Å². The van der Waals surface area contributed by atoms with E-state index in [2.05, 4.69) is 11.9 Å². The summed E-state index contributed by atoms with van der Waals surface area (Å²) in [7, 11) is 0. The fraction of sp³-hybridized carbons (Fsp3) is 0.500. The average Bonchev–Trinajstić information content (AvgIpc) is 2.93. The molecule has 2 heterocycles. The monoisotopic (exact) mass is 307 g/mol. The Morgan fingerprint density at radius 1 is 1.50 bits per heavy atom. The Kier molecular flexibility index (Phi) is 5.03. The lowest BCUT2D eigenvalue weighted by Crippen LogP contribution is -3.13. The normalized spacial score (nSPS) is 29.8. The quantitative estimate of drug-likeness (QED) is 0.535. The number of rotatable bonds is 5. The van der Waals surface area contributed by atoms with Gasteiger partial charge in [-0.1, -0.05) is 6.58 Å². The number of carboxylic acids is 2. The van der Waals surface area contributed by atoms with E-state index in [-0.39, 0.29) is 5.70 Å². The fourth-order valence-electron chi connectivity index (χ4n) is 3.19. The summed E-state index contributed by atoms with van der Waals surface area (Å²) in [6, 6.07) is -0.440. The lowest BCUT2D eigenvalue weighted by Gasteiger charge is -2.23. The molecule has 2 rings (SSSR count). The van der Waals surface area contributed by atoms with Crippen LogP contribution in [0.4, 0.5) is 0 Å². The Labute approximate surface area is 129 Å². The van der Waals surface area contributed by atoms with Crippen LogP contribution in [-0.4, -0.2) is 47.3 Å². The van der Waals surface area contributed by atoms with E-state index in [0.717, 1.165) is 31.5 Å². The van der Waals surface area contributed by atoms with Crippen molar-refractivity contribution in [1.82, 2.24) is 5.32 Å². The highest BCUT2D eigenvalue weighted by molar-refractivity contribution is 5.89. The minimum Gasteiger partial charge on any atom is -0.480 e. The molecule has 1 fully saturated rings. The molecule has 0 bridgehead atoms. The fourth-order valence-corrected chi connectivity index (χ4v) is 3.19. The molecular weight excluding hydrogens is 284 g/mol. The van der Waals surface area contributed by atoms with Gasteiger partial charge in [-0.15, -0.1) is 0 Å². The van der Waals surface area contributed by atoms with Gasteiger partial charge in [0.25, 0.3) is 0 Å². The smallest absolute Gasteiger partial charge is 0.351 e. The first-order valence-electron chi connectivity index (χ1n) is 7.52. The second kappa shape index (κ2) is 6.79. The van der Waals surface area contributed by atoms with Crippen LogP contribution in [0.2, 0.25) is 0 Å². The molecule has 6 nitrogen and oxygen atoms in total. The summed E-state index contributed by atoms with van der Waals surface area (Å²) in [5.41, 5.74) is 1.88. The van der Waals surface area contributed by atoms with E-state index in [4.69, 9.17) is 10.2 Å². The number of hydrogen-bond donors (Lipinski definition) is 4. The molecule has 0 aromatic carbocycles. The van der Waals surface area contributed by atoms with Crippen LogP contribution in [0.1, 0.15) is 26.2 Å². The Morgan fingerprint density at radius 2 is 2.23 bits per heavy atom. The van der Waals surface area contributed by atoms with Crippen LogP contribution in [0.3, 0.4) is 0 Å². The zero-order valence-electron chi connectivity index (χ0n) is 12.8. The van der Waals surface area contributed by atoms with Crippen LogP contribution in [0.5, 0.6) is 0 Å². The van der Waals surface area contributed by atoms with Crippen LogP contribution in [-0.2, 0) is 9.59 Å². The van der Waals surface area contributed by atoms with Gasteiger partial charge in [-0.05, 0) is 30.2 Å². The Bertz CT molecular complexity index is 550. The average molecular weight is 307 g/mol. The van der Waals surface area contributed by atoms with Crippen molar-refractivity contribution < 1.29 is 24.7 Å². The minimum absolute atomic E-state index is 0.0576. The number of hydrogen-bond acceptors (Lipinski definition) is 3. The standard InChI is InChI=1S/C16H22N2O4/c1-10(2)14-4-3-6-18(14)7-5-11-8-12(15(19)20)17-13(9-11)16(21)22/h5,8,13-14,17H,1,3-4,6-7,9H2,2H3,(H,19,20)(H,21,22)/p+1. The van der Waals surface area contributed by atoms with Crippen molar-refractivity contribution in [3.8, 4) is 0 Å². The topological polar surface area (TPSA) is 91.1 Å². The summed E-state index contributed by atoms with van der Waals surface area (Å²) in [4.78, 5) is 23.7. The third kappa shape index (κ3) is 3.76. The molecule has 0 aromatic rings. The van der Waals surface area contributed by atoms with E-state index in [0.29, 0.717) is 12.5 Å². The van der Waals surface area contributed by atoms with Gasteiger partial charge < -0.3 is 20.4 Å². The van der Waals surface area contributed by atoms with Crippen LogP contribution in [0.15, 0.2) is 35.6 Å². The van der Waals surface area contributed by atoms with Gasteiger partial charge in [-0.3, -0.25) is 0 Å². The molecule has 120 valence electrons. The number of nitrogens with one attached hydrogen (secondary N) is 2. The molecule has 2 aliphatic heterocycles. The molecule has 0 aliphatic carbocycles. The van der Waals surface area contributed by atoms with Gasteiger partial charge in [0.2, 0.25) is 0 Å². The molecule has 0 saturated carbocycles. The molecular formula is C16H23N2O4+. The van der Waals surface area contributed by atoms with Gasteiger partial charge in [0.05, 0.1) is 13.1 Å². The Hall–Kier alpha value is -2.08. The van der Waals surface area contributed by atoms with Crippen LogP contribution in [0.25, 0.3) is 0 Å². The molecule has 0 spiro atoms. The van der Waals surface area contributed by atoms with Gasteiger partial charge in [-0.2, -0.15) is 0 Å². The van der Waals surface area contributed by atoms with E-state index in [1.807, 2.05) is 13.0 Å². The van der Waals surface area contributed by atoms with Crippen molar-refractivity contribution in [3.63, 3.8) is 0 Å². The maximum Gasteiger partial charge on any atom is 0.351 e. The van der Waals surface area contributed by atoms with E-state index in [1.165, 1.54) is 16.5 Å². The first-order chi connectivity index (χ1) is 10.4. The highest BCUT2D eigenvalue weighted by Gasteiger charge is 2.29. The SMILES string of the molecule is C=C(C)C1CCC[NH+]1CC=C1C=C(C(=O)O)NC(C(=O)O)C1. The summed E-state index contributed by atoms with van der Waals surface area (Å²) in [6.45, 7) is 7.91. The second-order valence-corrected chi connectivity index (χ2v) is 6.04. The number of quaternary nitrogens is 1. The predicted molar refractivity (Wildman–Crippen MR) is 81.5 cm³/mol. The van der Waals surface area contributed by atoms with Gasteiger partial charge in [-0.25, -0.2) is 9.59 Å². The predicted octanol–water partition coefficient (Wildman–Crippen LogP) is -0.0488. The molecule has 3 atom stereocenters. The molecule has 0 radical (unpaired) electrons. The zero-order valence-corrected chi connectivity index (χ0v) is 12.8. The van der Waals surface area contributed by atoms with Crippen molar-refractivity contribution in [2.45, 2.75) is 38.3 Å². The summed E-state index contributed by atoms with van der Waals surface area (Å²) < 4.78 is 0. The maximum atomic E-state index is 11.1. The summed E-state index contributed by atoms with van der Waals surface area (Å²) in [5, 5.41) is 20.7. The molecule has 0 aromatic heterocycles. The largest absolute Gasteiger partial charge is 0.480 e. The first-order valence-corrected chi connectivity index (χ1v) is 7.52. The number of aliphatic carboxylic acids is 2. The highest BCUT2D eigenvalue weighted by Crippen LogP contribution is 2.17. The third-order valence-electron chi connectivity index (χ3n) is 4.33. The number of carboxylic acid groups (broad SMARTS) is 2. The van der Waals surface area contributed by atoms with Crippen LogP contribution in [0, 0.1) is 0 Å². The lowest BCUT2D eigenvalue weighted by atomic mass is 9.99. The zero-order chi connectivity index (χ0) is 16.3. The number of carbonyl (C=O) groups is 2. The van der Waals surface area contributed by atoms with Gasteiger partial charge >= 0.3 is 11.9 Å². The van der Waals surface area contributed by atoms with Crippen molar-refractivity contribution in [2.75, 3.05) is 13.1 Å². The van der Waals surface area contributed by atoms with Crippen molar-refractivity contribution in [3.05, 3.63) is 35.6 Å². The van der Waals surface area contributed by atoms with Gasteiger partial charge in [0.15, 0.2) is 0 Å². The van der Waals surface area contributed by atoms with Crippen LogP contribution >= 0.6 is 0 Å². The van der Waals surface area contributed by atoms with Crippen LogP contribution < -0.4 is 10.2 Å². The second-order valence-electron chi connectivity index (χ2n) is 6.04. The van der Waals surface area contributed by atoms with Gasteiger partial charge in [0.1, 0.15) is 17.8 Å². The minimum atomic E-state index is -1.13. The Balaban J connectivity index is 2.11. The maximum absolute atomic E-state index is 11.1. The molecule has 2 aliphatic rings. The molecule has 6 heteroatoms. The Morgan fingerprint density at radius 3 is 2.82 bits per heavy atom. The number of likely N-dealkylation sites (tertiary alicyclic amines) is 1. The summed E-state index contributed by atoms with van der Waals surface area (Å²) in [6.07, 6.45) is 6.09. The molecule has 3 unspecified atom stereocenters. The van der Waals surface area contributed by atoms with E-state index < -0.39 is 18.0 Å². The van der Waals surface area contributed by atoms with E-state index in [1.54, 1.807) is 0 Å². The third-order valence-corrected chi connectivity index (χ3v) is 4.33. The molecule has 22 heavy (non-hydrogen) atoms. The molecule has 1 saturated heterocycles. The summed E-state index contributed by atoms with van der Waals surface area (Å²) >= 11 is 0. The molecule has 0 amide bonds. The van der Waals surface area contributed by atoms with Gasteiger partial charge in [0, 0.05) is 19.3 Å². The van der Waals surface area contributed by atoms with Crippen molar-refractivity contribution >= 4 is 11.9 Å².